The topological polar surface area (TPSA) is 99.5 Å². The molecule has 8 heteroatoms. The van der Waals surface area contributed by atoms with Gasteiger partial charge in [0.05, 0.1) is 12.6 Å². The second kappa shape index (κ2) is 5.84. The number of hydrogen-bond acceptors (Lipinski definition) is 5. The average molecular weight is 302 g/mol. The molecule has 2 aromatic rings. The zero-order valence-corrected chi connectivity index (χ0v) is 11.7. The number of amides is 2. The molecule has 2 amide bonds. The number of furan rings is 1. The van der Waals surface area contributed by atoms with Crippen LogP contribution in [0.15, 0.2) is 40.0 Å². The van der Waals surface area contributed by atoms with E-state index in [0.29, 0.717) is 26.2 Å². The van der Waals surface area contributed by atoms with Crippen molar-refractivity contribution in [3.63, 3.8) is 0 Å². The molecular weight excluding hydrogens is 288 g/mol. The Labute approximate surface area is 125 Å². The Kier molecular flexibility index (Phi) is 3.73. The number of carbonyl (C=O) groups is 2. The van der Waals surface area contributed by atoms with Gasteiger partial charge in [0.25, 0.3) is 17.4 Å². The van der Waals surface area contributed by atoms with Gasteiger partial charge in [-0.3, -0.25) is 14.4 Å². The standard InChI is InChI=1S/C14H14N4O4/c19-12-8-10(15-9-16-12)13(20)17-3-5-18(6-4-17)14(21)11-2-1-7-22-11/h1-2,7-9H,3-6H2,(H,15,16,19). The van der Waals surface area contributed by atoms with Gasteiger partial charge >= 0.3 is 0 Å². The van der Waals surface area contributed by atoms with Crippen molar-refractivity contribution in [2.45, 2.75) is 0 Å². The fourth-order valence-corrected chi connectivity index (χ4v) is 2.32. The molecule has 22 heavy (non-hydrogen) atoms. The number of nitrogens with zero attached hydrogens (tertiary/aromatic N) is 3. The van der Waals surface area contributed by atoms with Crippen LogP contribution in [0.1, 0.15) is 21.0 Å². The molecule has 0 atom stereocenters. The van der Waals surface area contributed by atoms with Crippen LogP contribution in [0.2, 0.25) is 0 Å². The lowest BCUT2D eigenvalue weighted by Crippen LogP contribution is -2.50. The number of hydrogen-bond donors (Lipinski definition) is 1. The second-order valence-corrected chi connectivity index (χ2v) is 4.86. The summed E-state index contributed by atoms with van der Waals surface area (Å²) in [6, 6.07) is 4.44. The van der Waals surface area contributed by atoms with Crippen molar-refractivity contribution >= 4 is 11.8 Å². The van der Waals surface area contributed by atoms with E-state index in [-0.39, 0.29) is 28.8 Å². The molecule has 0 saturated carbocycles. The summed E-state index contributed by atoms with van der Waals surface area (Å²) in [6.07, 6.45) is 2.65. The predicted octanol–water partition coefficient (Wildman–Crippen LogP) is -0.0389. The second-order valence-electron chi connectivity index (χ2n) is 4.86. The van der Waals surface area contributed by atoms with Gasteiger partial charge in [-0.15, -0.1) is 0 Å². The molecule has 114 valence electrons. The minimum atomic E-state index is -0.370. The van der Waals surface area contributed by atoms with Crippen molar-refractivity contribution < 1.29 is 14.0 Å². The summed E-state index contributed by atoms with van der Waals surface area (Å²) in [7, 11) is 0. The Bertz CT molecular complexity index is 729. The molecule has 0 bridgehead atoms. The Morgan fingerprint density at radius 3 is 2.41 bits per heavy atom. The number of rotatable bonds is 2. The van der Waals surface area contributed by atoms with Crippen molar-refractivity contribution in [3.8, 4) is 0 Å². The van der Waals surface area contributed by atoms with Crippen LogP contribution < -0.4 is 5.56 Å². The van der Waals surface area contributed by atoms with Crippen LogP contribution in [0, 0.1) is 0 Å². The first kappa shape index (κ1) is 14.1. The number of H-pyrrole nitrogens is 1. The quantitative estimate of drug-likeness (QED) is 0.839. The molecule has 1 aliphatic rings. The summed E-state index contributed by atoms with van der Waals surface area (Å²) < 4.78 is 5.09. The number of aromatic amines is 1. The van der Waals surface area contributed by atoms with Gasteiger partial charge in [-0.1, -0.05) is 0 Å². The molecule has 1 aliphatic heterocycles. The molecule has 3 rings (SSSR count). The van der Waals surface area contributed by atoms with Gasteiger partial charge in [-0.05, 0) is 12.1 Å². The van der Waals surface area contributed by atoms with Crippen LogP contribution >= 0.6 is 0 Å². The summed E-state index contributed by atoms with van der Waals surface area (Å²) in [5, 5.41) is 0. The summed E-state index contributed by atoms with van der Waals surface area (Å²) in [4.78, 5) is 45.0. The van der Waals surface area contributed by atoms with Gasteiger partial charge in [-0.2, -0.15) is 0 Å². The Morgan fingerprint density at radius 1 is 1.14 bits per heavy atom. The van der Waals surface area contributed by atoms with E-state index in [1.807, 2.05) is 0 Å². The van der Waals surface area contributed by atoms with Crippen LogP contribution in [0.4, 0.5) is 0 Å². The maximum Gasteiger partial charge on any atom is 0.289 e. The zero-order chi connectivity index (χ0) is 15.5. The van der Waals surface area contributed by atoms with E-state index < -0.39 is 0 Å². The SMILES string of the molecule is O=C(c1cc(=O)[nH]cn1)N1CCN(C(=O)c2ccco2)CC1. The van der Waals surface area contributed by atoms with Gasteiger partial charge in [0, 0.05) is 32.2 Å². The molecule has 2 aromatic heterocycles. The van der Waals surface area contributed by atoms with E-state index in [1.165, 1.54) is 18.7 Å². The monoisotopic (exact) mass is 302 g/mol. The molecule has 1 fully saturated rings. The van der Waals surface area contributed by atoms with Crippen LogP contribution in [-0.2, 0) is 0 Å². The lowest BCUT2D eigenvalue weighted by molar-refractivity contribution is 0.0515. The van der Waals surface area contributed by atoms with Gasteiger partial charge in [-0.25, -0.2) is 4.98 Å². The smallest absolute Gasteiger partial charge is 0.289 e. The van der Waals surface area contributed by atoms with Crippen molar-refractivity contribution in [2.24, 2.45) is 0 Å². The fourth-order valence-electron chi connectivity index (χ4n) is 2.32. The van der Waals surface area contributed by atoms with E-state index in [2.05, 4.69) is 9.97 Å². The first-order valence-electron chi connectivity index (χ1n) is 6.82. The van der Waals surface area contributed by atoms with Crippen LogP contribution in [0.3, 0.4) is 0 Å². The number of carbonyl (C=O) groups excluding carboxylic acids is 2. The molecule has 0 spiro atoms. The normalized spacial score (nSPS) is 14.9. The highest BCUT2D eigenvalue weighted by Crippen LogP contribution is 2.10. The minimum absolute atomic E-state index is 0.106. The first-order chi connectivity index (χ1) is 10.6. The third-order valence-corrected chi connectivity index (χ3v) is 3.48. The van der Waals surface area contributed by atoms with Crippen LogP contribution in [-0.4, -0.2) is 57.8 Å². The van der Waals surface area contributed by atoms with E-state index >= 15 is 0 Å². The van der Waals surface area contributed by atoms with E-state index in [0.717, 1.165) is 0 Å². The molecule has 0 aliphatic carbocycles. The van der Waals surface area contributed by atoms with Gasteiger partial charge in [0.2, 0.25) is 0 Å². The van der Waals surface area contributed by atoms with Crippen molar-refractivity contribution in [2.75, 3.05) is 26.2 Å². The van der Waals surface area contributed by atoms with Crippen LogP contribution in [0.25, 0.3) is 0 Å². The highest BCUT2D eigenvalue weighted by Gasteiger charge is 2.27. The first-order valence-corrected chi connectivity index (χ1v) is 6.82. The molecule has 0 aromatic carbocycles. The van der Waals surface area contributed by atoms with E-state index in [9.17, 15) is 14.4 Å². The summed E-state index contributed by atoms with van der Waals surface area (Å²) in [6.45, 7) is 1.60. The summed E-state index contributed by atoms with van der Waals surface area (Å²) in [5.74, 6) is -0.210. The number of piperazine rings is 1. The lowest BCUT2D eigenvalue weighted by Gasteiger charge is -2.34. The zero-order valence-electron chi connectivity index (χ0n) is 11.7. The minimum Gasteiger partial charge on any atom is -0.459 e. The van der Waals surface area contributed by atoms with Crippen molar-refractivity contribution in [1.29, 1.82) is 0 Å². The maximum absolute atomic E-state index is 12.2. The van der Waals surface area contributed by atoms with Gasteiger partial charge in [0.15, 0.2) is 5.76 Å². The number of aromatic nitrogens is 2. The molecule has 0 unspecified atom stereocenters. The Hall–Kier alpha value is -2.90. The molecule has 3 heterocycles. The summed E-state index contributed by atoms with van der Waals surface area (Å²) >= 11 is 0. The van der Waals surface area contributed by atoms with Crippen molar-refractivity contribution in [1.82, 2.24) is 19.8 Å². The lowest BCUT2D eigenvalue weighted by atomic mass is 10.2. The molecule has 1 N–H and O–H groups in total. The molecule has 1 saturated heterocycles. The fraction of sp³-hybridized carbons (Fsp3) is 0.286. The summed E-state index contributed by atoms with van der Waals surface area (Å²) in [5.41, 5.74) is -0.264. The average Bonchev–Trinajstić information content (AvgIpc) is 3.08. The highest BCUT2D eigenvalue weighted by molar-refractivity contribution is 5.93. The van der Waals surface area contributed by atoms with Gasteiger partial charge < -0.3 is 19.2 Å². The van der Waals surface area contributed by atoms with E-state index in [1.54, 1.807) is 21.9 Å². The third kappa shape index (κ3) is 2.76. The van der Waals surface area contributed by atoms with Gasteiger partial charge in [0.1, 0.15) is 5.69 Å². The number of nitrogens with one attached hydrogen (secondary N) is 1. The van der Waals surface area contributed by atoms with Crippen LogP contribution in [0.5, 0.6) is 0 Å². The predicted molar refractivity (Wildman–Crippen MR) is 75.4 cm³/mol. The molecule has 8 nitrogen and oxygen atoms in total. The highest BCUT2D eigenvalue weighted by atomic mass is 16.3. The molecule has 0 radical (unpaired) electrons. The van der Waals surface area contributed by atoms with Crippen molar-refractivity contribution in [3.05, 3.63) is 52.6 Å². The Balaban J connectivity index is 1.63. The third-order valence-electron chi connectivity index (χ3n) is 3.48. The maximum atomic E-state index is 12.2. The largest absolute Gasteiger partial charge is 0.459 e. The molecular formula is C14H14N4O4. The van der Waals surface area contributed by atoms with E-state index in [4.69, 9.17) is 4.42 Å². The Morgan fingerprint density at radius 2 is 1.82 bits per heavy atom.